The van der Waals surface area contributed by atoms with Crippen molar-refractivity contribution in [1.29, 1.82) is 0 Å². The number of amides is 1. The predicted octanol–water partition coefficient (Wildman–Crippen LogP) is -1.13. The summed E-state index contributed by atoms with van der Waals surface area (Å²) in [6.07, 6.45) is -2.93. The monoisotopic (exact) mass is 422 g/mol. The van der Waals surface area contributed by atoms with Gasteiger partial charge in [-0.05, 0) is 12.5 Å². The number of pyridine rings is 1. The molecule has 0 saturated carbocycles. The van der Waals surface area contributed by atoms with Crippen LogP contribution in [-0.4, -0.2) is 76.5 Å². The third kappa shape index (κ3) is 4.93. The fourth-order valence-electron chi connectivity index (χ4n) is 3.65. The van der Waals surface area contributed by atoms with Crippen LogP contribution in [0.5, 0.6) is 0 Å². The molecule has 0 radical (unpaired) electrons. The number of halogens is 3. The number of carbonyl (C=O) groups is 1. The minimum Gasteiger partial charge on any atom is -0.337 e. The fourth-order valence-corrected chi connectivity index (χ4v) is 5.43. The summed E-state index contributed by atoms with van der Waals surface area (Å²) in [5, 5.41) is 0. The van der Waals surface area contributed by atoms with E-state index < -0.39 is 21.6 Å². The quantitative estimate of drug-likeness (QED) is 0.667. The molecular formula is C17H25F3N4O3S+2. The van der Waals surface area contributed by atoms with Crippen LogP contribution in [-0.2, 0) is 20.8 Å². The van der Waals surface area contributed by atoms with E-state index in [4.69, 9.17) is 0 Å². The van der Waals surface area contributed by atoms with Gasteiger partial charge in [0.1, 0.15) is 32.4 Å². The zero-order chi connectivity index (χ0) is 20.5. The molecule has 7 nitrogen and oxygen atoms in total. The van der Waals surface area contributed by atoms with Crippen molar-refractivity contribution in [2.45, 2.75) is 18.6 Å². The van der Waals surface area contributed by atoms with Crippen LogP contribution >= 0.6 is 0 Å². The topological polar surface area (TPSA) is 76.3 Å². The van der Waals surface area contributed by atoms with E-state index in [2.05, 4.69) is 4.98 Å². The number of nitrogens with one attached hydrogen (secondary N) is 2. The third-order valence-corrected chi connectivity index (χ3v) is 7.24. The van der Waals surface area contributed by atoms with Crippen LogP contribution in [0.25, 0.3) is 0 Å². The van der Waals surface area contributed by atoms with Gasteiger partial charge in [0.25, 0.3) is 11.7 Å². The number of hydrogen-bond acceptors (Lipinski definition) is 4. The zero-order valence-corrected chi connectivity index (χ0v) is 16.4. The second-order valence-electron chi connectivity index (χ2n) is 7.44. The summed E-state index contributed by atoms with van der Waals surface area (Å²) in [7, 11) is -1.39. The number of piperazine rings is 1. The van der Waals surface area contributed by atoms with Crippen LogP contribution in [0, 0.1) is 0 Å². The predicted molar refractivity (Wildman–Crippen MR) is 95.6 cm³/mol. The van der Waals surface area contributed by atoms with Gasteiger partial charge in [-0.25, -0.2) is 13.4 Å². The van der Waals surface area contributed by atoms with Crippen LogP contribution < -0.4 is 14.8 Å². The highest BCUT2D eigenvalue weighted by molar-refractivity contribution is 7.91. The van der Waals surface area contributed by atoms with Gasteiger partial charge >= 0.3 is 6.18 Å². The molecule has 3 heterocycles. The first-order valence-corrected chi connectivity index (χ1v) is 11.0. The summed E-state index contributed by atoms with van der Waals surface area (Å²) in [4.78, 5) is 19.8. The van der Waals surface area contributed by atoms with Crippen molar-refractivity contribution in [3.63, 3.8) is 0 Å². The molecule has 3 rings (SSSR count). The first-order valence-electron chi connectivity index (χ1n) is 9.19. The maximum absolute atomic E-state index is 12.6. The van der Waals surface area contributed by atoms with E-state index in [0.29, 0.717) is 38.4 Å². The number of carbonyl (C=O) groups excluding carboxylic acids is 1. The number of alkyl halides is 3. The highest BCUT2D eigenvalue weighted by Gasteiger charge is 2.35. The van der Waals surface area contributed by atoms with Crippen molar-refractivity contribution in [2.75, 3.05) is 56.2 Å². The Morgan fingerprint density at radius 2 is 2.00 bits per heavy atom. The van der Waals surface area contributed by atoms with E-state index in [1.54, 1.807) is 11.9 Å². The minimum absolute atomic E-state index is 0.0299. The largest absolute Gasteiger partial charge is 0.419 e. The molecule has 1 atom stereocenters. The molecule has 2 aliphatic heterocycles. The van der Waals surface area contributed by atoms with Gasteiger partial charge < -0.3 is 9.80 Å². The summed E-state index contributed by atoms with van der Waals surface area (Å²) < 4.78 is 61.1. The highest BCUT2D eigenvalue weighted by Crippen LogP contribution is 2.28. The zero-order valence-electron chi connectivity index (χ0n) is 15.6. The molecule has 2 N–H and O–H groups in total. The molecule has 0 aromatic carbocycles. The van der Waals surface area contributed by atoms with Crippen molar-refractivity contribution in [3.05, 3.63) is 23.9 Å². The molecule has 0 aliphatic carbocycles. The van der Waals surface area contributed by atoms with Gasteiger partial charge in [0, 0.05) is 19.2 Å². The standard InChI is InChI=1S/C17H23F3N4O3S/c1-22(14-4-9-28(26,27)12-14)16(25)11-23-5-7-24(8-6-23)15-3-2-13(10-21-15)17(18,19)20/h2-3,10,14H,4-9,11-12H2,1H3/p+2/t14-/m0/s1. The van der Waals surface area contributed by atoms with E-state index in [0.717, 1.165) is 17.2 Å². The number of rotatable bonds is 4. The number of hydrogen-bond donors (Lipinski definition) is 1. The lowest BCUT2D eigenvalue weighted by atomic mass is 10.2. The molecule has 2 saturated heterocycles. The van der Waals surface area contributed by atoms with Crippen molar-refractivity contribution in [2.24, 2.45) is 0 Å². The summed E-state index contributed by atoms with van der Waals surface area (Å²) >= 11 is 0. The molecule has 0 bridgehead atoms. The number of aromatic nitrogens is 1. The number of anilines is 1. The first kappa shape index (κ1) is 20.8. The summed E-state index contributed by atoms with van der Waals surface area (Å²) in [5.41, 5.74) is -0.719. The molecule has 1 aromatic rings. The van der Waals surface area contributed by atoms with E-state index >= 15 is 0 Å². The third-order valence-electron chi connectivity index (χ3n) is 5.49. The molecule has 1 amide bonds. The fraction of sp³-hybridized carbons (Fsp3) is 0.647. The molecule has 0 unspecified atom stereocenters. The molecule has 0 spiro atoms. The van der Waals surface area contributed by atoms with E-state index in [1.165, 1.54) is 6.07 Å². The number of quaternary nitrogens is 1. The Labute approximate surface area is 162 Å². The van der Waals surface area contributed by atoms with Gasteiger partial charge in [-0.3, -0.25) is 9.69 Å². The molecule has 11 heteroatoms. The number of aromatic amines is 1. The Balaban J connectivity index is 1.49. The molecule has 1 aromatic heterocycles. The maximum atomic E-state index is 12.6. The number of likely N-dealkylation sites (N-methyl/N-ethyl adjacent to an activating group) is 1. The van der Waals surface area contributed by atoms with Crippen molar-refractivity contribution < 1.29 is 36.3 Å². The average Bonchev–Trinajstić information content (AvgIpc) is 3.01. The van der Waals surface area contributed by atoms with Gasteiger partial charge in [0.2, 0.25) is 0 Å². The SMILES string of the molecule is CN(C(=O)C[NH+]1CCN(c2ccc(C(F)(F)F)c[nH+]2)CC1)[C@H]1CCS(=O)(=O)C1. The second kappa shape index (κ2) is 7.86. The van der Waals surface area contributed by atoms with Crippen LogP contribution in [0.4, 0.5) is 19.0 Å². The van der Waals surface area contributed by atoms with Crippen LogP contribution in [0.1, 0.15) is 12.0 Å². The molecule has 156 valence electrons. The Morgan fingerprint density at radius 3 is 2.50 bits per heavy atom. The van der Waals surface area contributed by atoms with Gasteiger partial charge in [0.15, 0.2) is 16.4 Å². The van der Waals surface area contributed by atoms with Crippen molar-refractivity contribution in [1.82, 2.24) is 4.90 Å². The van der Waals surface area contributed by atoms with Gasteiger partial charge in [0.05, 0.1) is 17.1 Å². The number of H-pyrrole nitrogens is 1. The summed E-state index contributed by atoms with van der Waals surface area (Å²) in [6.45, 7) is 2.88. The normalized spacial score (nSPS) is 23.0. The van der Waals surface area contributed by atoms with Crippen LogP contribution in [0.2, 0.25) is 0 Å². The van der Waals surface area contributed by atoms with Gasteiger partial charge in [-0.2, -0.15) is 13.2 Å². The summed E-state index contributed by atoms with van der Waals surface area (Å²) in [6, 6.07) is 2.23. The lowest BCUT2D eigenvalue weighted by molar-refractivity contribution is -0.892. The Morgan fingerprint density at radius 1 is 1.32 bits per heavy atom. The Kier molecular flexibility index (Phi) is 5.85. The van der Waals surface area contributed by atoms with Crippen LogP contribution in [0.3, 0.4) is 0 Å². The smallest absolute Gasteiger partial charge is 0.337 e. The molecule has 2 fully saturated rings. The van der Waals surface area contributed by atoms with Gasteiger partial charge in [-0.15, -0.1) is 0 Å². The van der Waals surface area contributed by atoms with E-state index in [9.17, 15) is 26.4 Å². The Hall–Kier alpha value is -1.88. The lowest BCUT2D eigenvalue weighted by Crippen LogP contribution is -3.16. The Bertz CT molecular complexity index is 806. The van der Waals surface area contributed by atoms with Crippen molar-refractivity contribution >= 4 is 21.6 Å². The lowest BCUT2D eigenvalue weighted by Gasteiger charge is -2.30. The second-order valence-corrected chi connectivity index (χ2v) is 9.66. The van der Waals surface area contributed by atoms with Crippen molar-refractivity contribution in [3.8, 4) is 0 Å². The average molecular weight is 422 g/mol. The number of sulfone groups is 1. The van der Waals surface area contributed by atoms with Gasteiger partial charge in [-0.1, -0.05) is 0 Å². The molecule has 2 aliphatic rings. The minimum atomic E-state index is -4.37. The molecular weight excluding hydrogens is 397 g/mol. The maximum Gasteiger partial charge on any atom is 0.419 e. The highest BCUT2D eigenvalue weighted by atomic mass is 32.2. The first-order chi connectivity index (χ1) is 13.0. The summed E-state index contributed by atoms with van der Waals surface area (Å²) in [5.74, 6) is 0.699. The van der Waals surface area contributed by atoms with E-state index in [1.807, 2.05) is 4.90 Å². The van der Waals surface area contributed by atoms with E-state index in [-0.39, 0.29) is 30.0 Å². The molecule has 28 heavy (non-hydrogen) atoms. The number of nitrogens with zero attached hydrogens (tertiary/aromatic N) is 2. The van der Waals surface area contributed by atoms with Crippen LogP contribution in [0.15, 0.2) is 18.3 Å².